The Morgan fingerprint density at radius 1 is 1.09 bits per heavy atom. The van der Waals surface area contributed by atoms with E-state index in [1.165, 1.54) is 30.3 Å². The molecule has 0 aliphatic heterocycles. The van der Waals surface area contributed by atoms with Crippen LogP contribution in [0.25, 0.3) is 6.08 Å². The zero-order valence-electron chi connectivity index (χ0n) is 13.0. The molecule has 0 atom stereocenters. The van der Waals surface area contributed by atoms with Gasteiger partial charge in [-0.25, -0.2) is 4.39 Å². The molecule has 0 saturated heterocycles. The van der Waals surface area contributed by atoms with Crippen molar-refractivity contribution in [1.82, 2.24) is 0 Å². The summed E-state index contributed by atoms with van der Waals surface area (Å²) in [6, 6.07) is 12.7. The molecule has 2 aromatic rings. The molecule has 116 valence electrons. The minimum Gasteiger partial charge on any atom is -0.378 e. The third kappa shape index (κ3) is 5.54. The van der Waals surface area contributed by atoms with Crippen LogP contribution in [-0.2, 0) is 0 Å². The van der Waals surface area contributed by atoms with Gasteiger partial charge in [0.2, 0.25) is 0 Å². The van der Waals surface area contributed by atoms with Crippen LogP contribution in [0.2, 0.25) is 0 Å². The minimum atomic E-state index is -1.03. The summed E-state index contributed by atoms with van der Waals surface area (Å²) in [6.45, 7) is 3.25. The first-order chi connectivity index (χ1) is 10.8. The number of ketones is 1. The Morgan fingerprint density at radius 3 is 2.26 bits per heavy atom. The van der Waals surface area contributed by atoms with Gasteiger partial charge in [-0.3, -0.25) is 4.79 Å². The Labute approximate surface area is 135 Å². The molecule has 0 aromatic heterocycles. The SMILES string of the molecule is CC(C)(O)C#Cc1ccc(/C=C/C(=O)c2ccc(F)cc2)cc1. The van der Waals surface area contributed by atoms with Crippen molar-refractivity contribution >= 4 is 11.9 Å². The van der Waals surface area contributed by atoms with Crippen molar-refractivity contribution in [1.29, 1.82) is 0 Å². The molecular formula is C20H17FO2. The molecule has 0 radical (unpaired) electrons. The first-order valence-electron chi connectivity index (χ1n) is 7.17. The lowest BCUT2D eigenvalue weighted by atomic mass is 10.1. The maximum atomic E-state index is 12.8. The lowest BCUT2D eigenvalue weighted by Gasteiger charge is -2.05. The topological polar surface area (TPSA) is 37.3 Å². The van der Waals surface area contributed by atoms with Gasteiger partial charge in [-0.1, -0.05) is 30.0 Å². The highest BCUT2D eigenvalue weighted by Gasteiger charge is 2.05. The van der Waals surface area contributed by atoms with Crippen molar-refractivity contribution in [2.24, 2.45) is 0 Å². The van der Waals surface area contributed by atoms with E-state index < -0.39 is 5.60 Å². The van der Waals surface area contributed by atoms with Crippen LogP contribution >= 0.6 is 0 Å². The van der Waals surface area contributed by atoms with E-state index >= 15 is 0 Å². The van der Waals surface area contributed by atoms with E-state index in [1.807, 2.05) is 24.3 Å². The van der Waals surface area contributed by atoms with Gasteiger partial charge in [0.1, 0.15) is 11.4 Å². The quantitative estimate of drug-likeness (QED) is 0.531. The van der Waals surface area contributed by atoms with Crippen LogP contribution in [0, 0.1) is 17.7 Å². The van der Waals surface area contributed by atoms with Gasteiger partial charge in [0.05, 0.1) is 0 Å². The molecule has 3 heteroatoms. The normalized spacial score (nSPS) is 11.1. The van der Waals surface area contributed by atoms with Gasteiger partial charge in [0, 0.05) is 11.1 Å². The molecule has 1 N–H and O–H groups in total. The van der Waals surface area contributed by atoms with Crippen molar-refractivity contribution in [3.63, 3.8) is 0 Å². The van der Waals surface area contributed by atoms with E-state index in [0.717, 1.165) is 11.1 Å². The van der Waals surface area contributed by atoms with E-state index in [2.05, 4.69) is 11.8 Å². The van der Waals surface area contributed by atoms with Crippen LogP contribution in [0.15, 0.2) is 54.6 Å². The highest BCUT2D eigenvalue weighted by Crippen LogP contribution is 2.09. The zero-order valence-corrected chi connectivity index (χ0v) is 13.0. The molecular weight excluding hydrogens is 291 g/mol. The van der Waals surface area contributed by atoms with E-state index in [1.54, 1.807) is 19.9 Å². The predicted molar refractivity (Wildman–Crippen MR) is 89.4 cm³/mol. The fourth-order valence-corrected chi connectivity index (χ4v) is 1.78. The molecule has 0 heterocycles. The molecule has 2 rings (SSSR count). The summed E-state index contributed by atoms with van der Waals surface area (Å²) in [7, 11) is 0. The first kappa shape index (κ1) is 16.7. The molecule has 23 heavy (non-hydrogen) atoms. The largest absolute Gasteiger partial charge is 0.378 e. The average Bonchev–Trinajstić information content (AvgIpc) is 2.51. The first-order valence-corrected chi connectivity index (χ1v) is 7.17. The van der Waals surface area contributed by atoms with Crippen LogP contribution in [0.3, 0.4) is 0 Å². The number of allylic oxidation sites excluding steroid dienone is 1. The number of benzene rings is 2. The maximum Gasteiger partial charge on any atom is 0.185 e. The highest BCUT2D eigenvalue weighted by molar-refractivity contribution is 6.06. The molecule has 0 saturated carbocycles. The minimum absolute atomic E-state index is 0.184. The summed E-state index contributed by atoms with van der Waals surface area (Å²) in [5.41, 5.74) is 1.05. The lowest BCUT2D eigenvalue weighted by Crippen LogP contribution is -2.14. The fourth-order valence-electron chi connectivity index (χ4n) is 1.78. The van der Waals surface area contributed by atoms with Gasteiger partial charge in [-0.05, 0) is 61.9 Å². The Bertz CT molecular complexity index is 768. The second kappa shape index (κ2) is 7.04. The van der Waals surface area contributed by atoms with Crippen molar-refractivity contribution in [3.8, 4) is 11.8 Å². The van der Waals surface area contributed by atoms with E-state index in [9.17, 15) is 14.3 Å². The molecule has 2 aromatic carbocycles. The number of aliphatic hydroxyl groups is 1. The van der Waals surface area contributed by atoms with Crippen molar-refractivity contribution in [2.45, 2.75) is 19.4 Å². The van der Waals surface area contributed by atoms with E-state index in [0.29, 0.717) is 5.56 Å². The lowest BCUT2D eigenvalue weighted by molar-refractivity contribution is 0.104. The molecule has 0 aliphatic rings. The number of rotatable bonds is 3. The molecule has 0 amide bonds. The van der Waals surface area contributed by atoms with E-state index in [4.69, 9.17) is 0 Å². The van der Waals surface area contributed by atoms with E-state index in [-0.39, 0.29) is 11.6 Å². The fraction of sp³-hybridized carbons (Fsp3) is 0.150. The van der Waals surface area contributed by atoms with Crippen molar-refractivity contribution < 1.29 is 14.3 Å². The second-order valence-electron chi connectivity index (χ2n) is 5.64. The summed E-state index contributed by atoms with van der Waals surface area (Å²) in [5.74, 6) is 5.07. The van der Waals surface area contributed by atoms with Gasteiger partial charge in [-0.15, -0.1) is 0 Å². The molecule has 0 bridgehead atoms. The van der Waals surface area contributed by atoms with Gasteiger partial charge < -0.3 is 5.11 Å². The maximum absolute atomic E-state index is 12.8. The Kier molecular flexibility index (Phi) is 5.10. The van der Waals surface area contributed by atoms with Crippen LogP contribution in [-0.4, -0.2) is 16.5 Å². The molecule has 0 spiro atoms. The third-order valence-electron chi connectivity index (χ3n) is 2.98. The summed E-state index contributed by atoms with van der Waals surface area (Å²) >= 11 is 0. The monoisotopic (exact) mass is 308 g/mol. The summed E-state index contributed by atoms with van der Waals surface area (Å²) in [6.07, 6.45) is 3.14. The molecule has 0 aliphatic carbocycles. The molecule has 0 unspecified atom stereocenters. The summed E-state index contributed by atoms with van der Waals surface area (Å²) < 4.78 is 12.8. The van der Waals surface area contributed by atoms with Crippen LogP contribution in [0.1, 0.15) is 35.3 Å². The smallest absolute Gasteiger partial charge is 0.185 e. The Balaban J connectivity index is 2.06. The zero-order chi connectivity index (χ0) is 16.9. The number of carbonyl (C=O) groups excluding carboxylic acids is 1. The standard InChI is InChI=1S/C20H17FO2/c1-20(2,23)14-13-16-5-3-15(4-6-16)7-12-19(22)17-8-10-18(21)11-9-17/h3-12,23H,1-2H3/b12-7+. The summed E-state index contributed by atoms with van der Waals surface area (Å²) in [5, 5.41) is 9.56. The number of carbonyl (C=O) groups is 1. The van der Waals surface area contributed by atoms with Crippen molar-refractivity contribution in [2.75, 3.05) is 0 Å². The van der Waals surface area contributed by atoms with Crippen LogP contribution in [0.4, 0.5) is 4.39 Å². The Hall–Kier alpha value is -2.70. The number of halogens is 1. The number of hydrogen-bond acceptors (Lipinski definition) is 2. The van der Waals surface area contributed by atoms with Crippen LogP contribution < -0.4 is 0 Å². The average molecular weight is 308 g/mol. The predicted octanol–water partition coefficient (Wildman–Crippen LogP) is 3.84. The molecule has 0 fully saturated rings. The van der Waals surface area contributed by atoms with Gasteiger partial charge >= 0.3 is 0 Å². The van der Waals surface area contributed by atoms with Gasteiger partial charge in [-0.2, -0.15) is 0 Å². The van der Waals surface area contributed by atoms with Gasteiger partial charge in [0.25, 0.3) is 0 Å². The van der Waals surface area contributed by atoms with Gasteiger partial charge in [0.15, 0.2) is 5.78 Å². The highest BCUT2D eigenvalue weighted by atomic mass is 19.1. The second-order valence-corrected chi connectivity index (χ2v) is 5.64. The Morgan fingerprint density at radius 2 is 1.70 bits per heavy atom. The van der Waals surface area contributed by atoms with Crippen molar-refractivity contribution in [3.05, 3.63) is 77.1 Å². The summed E-state index contributed by atoms with van der Waals surface area (Å²) in [4.78, 5) is 11.9. The number of hydrogen-bond donors (Lipinski definition) is 1. The third-order valence-corrected chi connectivity index (χ3v) is 2.98. The van der Waals surface area contributed by atoms with Crippen LogP contribution in [0.5, 0.6) is 0 Å². The molecule has 2 nitrogen and oxygen atoms in total.